The number of hydrogen-bond donors (Lipinski definition) is 1. The Morgan fingerprint density at radius 1 is 1.35 bits per heavy atom. The van der Waals surface area contributed by atoms with E-state index in [0.29, 0.717) is 30.1 Å². The monoisotopic (exact) mass is 355 g/mol. The molecule has 6 bridgehead atoms. The van der Waals surface area contributed by atoms with Crippen LogP contribution in [0.5, 0.6) is 0 Å². The van der Waals surface area contributed by atoms with Gasteiger partial charge in [-0.25, -0.2) is 0 Å². The summed E-state index contributed by atoms with van der Waals surface area (Å²) in [7, 11) is 0. The Balaban J connectivity index is 1.59. The maximum absolute atomic E-state index is 13.7. The van der Waals surface area contributed by atoms with E-state index < -0.39 is 5.60 Å². The molecule has 0 aromatic carbocycles. The van der Waals surface area contributed by atoms with E-state index in [1.54, 1.807) is 0 Å². The van der Waals surface area contributed by atoms with Crippen LogP contribution in [-0.4, -0.2) is 46.8 Å². The molecule has 8 rings (SSSR count). The average molecular weight is 355 g/mol. The first-order valence-electron chi connectivity index (χ1n) is 10.7. The highest BCUT2D eigenvalue weighted by atomic mass is 16.5. The molecule has 6 fully saturated rings. The standard InChI is InChI=1S/C22H29NO3/c1-12-9-20-11-15(24)16-19(2)4-3-5-21(16)17(23-6-7-26-18(19)23)14(20)8-13(12)10-22(20,21)25/h9,13-14,16-18,25H,3-8,10-11H2,1-2H3/t13-,14+,16+,17+,18+,19+,20-,21+,22-/m0/s1. The molecule has 8 aliphatic rings. The predicted molar refractivity (Wildman–Crippen MR) is 95.1 cm³/mol. The molecule has 0 radical (unpaired) electrons. The number of ketones is 1. The largest absolute Gasteiger partial charge is 0.388 e. The normalized spacial score (nSPS) is 64.5. The number of carbonyl (C=O) groups is 1. The summed E-state index contributed by atoms with van der Waals surface area (Å²) in [5.41, 5.74) is 0.0662. The van der Waals surface area contributed by atoms with E-state index in [2.05, 4.69) is 24.8 Å². The van der Waals surface area contributed by atoms with Gasteiger partial charge in [0, 0.05) is 41.2 Å². The number of ether oxygens (including phenoxy) is 1. The van der Waals surface area contributed by atoms with Crippen molar-refractivity contribution in [3.63, 3.8) is 0 Å². The molecule has 2 saturated heterocycles. The minimum absolute atomic E-state index is 0.0122. The van der Waals surface area contributed by atoms with Crippen molar-refractivity contribution in [2.45, 2.75) is 70.2 Å². The maximum atomic E-state index is 13.7. The van der Waals surface area contributed by atoms with Crippen molar-refractivity contribution in [2.24, 2.45) is 34.0 Å². The summed E-state index contributed by atoms with van der Waals surface area (Å²) in [6.45, 7) is 6.30. The first-order valence-corrected chi connectivity index (χ1v) is 10.7. The fourth-order valence-electron chi connectivity index (χ4n) is 10.1. The van der Waals surface area contributed by atoms with Crippen molar-refractivity contribution >= 4 is 5.78 Å². The van der Waals surface area contributed by atoms with Crippen LogP contribution in [0.15, 0.2) is 11.6 Å². The van der Waals surface area contributed by atoms with E-state index in [0.717, 1.165) is 45.3 Å². The van der Waals surface area contributed by atoms with Crippen LogP contribution in [-0.2, 0) is 9.53 Å². The maximum Gasteiger partial charge on any atom is 0.138 e. The lowest BCUT2D eigenvalue weighted by Gasteiger charge is -2.69. The topological polar surface area (TPSA) is 49.8 Å². The number of nitrogens with zero attached hydrogens (tertiary/aromatic N) is 1. The molecular weight excluding hydrogens is 326 g/mol. The Bertz CT molecular complexity index is 792. The minimum Gasteiger partial charge on any atom is -0.388 e. The van der Waals surface area contributed by atoms with E-state index in [-0.39, 0.29) is 28.4 Å². The zero-order valence-corrected chi connectivity index (χ0v) is 15.8. The lowest BCUT2D eigenvalue weighted by atomic mass is 9.38. The van der Waals surface area contributed by atoms with E-state index >= 15 is 0 Å². The molecule has 140 valence electrons. The van der Waals surface area contributed by atoms with Crippen LogP contribution in [0.25, 0.3) is 0 Å². The molecule has 4 saturated carbocycles. The summed E-state index contributed by atoms with van der Waals surface area (Å²) in [6.07, 6.45) is 8.30. The van der Waals surface area contributed by atoms with Crippen molar-refractivity contribution < 1.29 is 14.6 Å². The van der Waals surface area contributed by atoms with Crippen LogP contribution in [0.3, 0.4) is 0 Å². The minimum atomic E-state index is -0.689. The Kier molecular flexibility index (Phi) is 2.35. The predicted octanol–water partition coefficient (Wildman–Crippen LogP) is 2.51. The molecule has 6 aliphatic carbocycles. The molecule has 0 aromatic heterocycles. The second-order valence-corrected chi connectivity index (χ2v) is 10.9. The van der Waals surface area contributed by atoms with Gasteiger partial charge in [-0.3, -0.25) is 9.69 Å². The van der Waals surface area contributed by atoms with Gasteiger partial charge < -0.3 is 9.84 Å². The summed E-state index contributed by atoms with van der Waals surface area (Å²) >= 11 is 0. The van der Waals surface area contributed by atoms with Crippen molar-refractivity contribution in [1.82, 2.24) is 4.90 Å². The number of aliphatic hydroxyl groups is 1. The van der Waals surface area contributed by atoms with E-state index in [9.17, 15) is 9.90 Å². The third-order valence-electron chi connectivity index (χ3n) is 10.4. The number of hydrogen-bond acceptors (Lipinski definition) is 4. The summed E-state index contributed by atoms with van der Waals surface area (Å²) in [5.74, 6) is 1.36. The molecule has 26 heavy (non-hydrogen) atoms. The van der Waals surface area contributed by atoms with Crippen molar-refractivity contribution in [3.8, 4) is 0 Å². The molecule has 0 unspecified atom stereocenters. The molecule has 2 aliphatic heterocycles. The fourth-order valence-corrected chi connectivity index (χ4v) is 10.1. The molecule has 0 aromatic rings. The second-order valence-electron chi connectivity index (χ2n) is 10.9. The molecule has 4 nitrogen and oxygen atoms in total. The molecule has 0 amide bonds. The number of Topliss-reactive ketones (excluding diaryl/α,β-unsaturated/α-hetero) is 1. The van der Waals surface area contributed by atoms with Crippen molar-refractivity contribution in [2.75, 3.05) is 13.2 Å². The number of piperidine rings is 1. The number of carbonyl (C=O) groups excluding carboxylic acids is 1. The van der Waals surface area contributed by atoms with Gasteiger partial charge in [-0.15, -0.1) is 0 Å². The molecule has 2 heterocycles. The SMILES string of the molecule is CC1=C[C@]23CC(=O)[C@@H]4[C@@]5(C)CCC[C@]46[C@@H]([C@H]2C[C@H]1C[C@@]63O)N1CCO[C@@H]15. The Morgan fingerprint density at radius 2 is 2.19 bits per heavy atom. The van der Waals surface area contributed by atoms with Gasteiger partial charge in [0.05, 0.1) is 12.2 Å². The van der Waals surface area contributed by atoms with Gasteiger partial charge >= 0.3 is 0 Å². The zero-order chi connectivity index (χ0) is 17.7. The summed E-state index contributed by atoms with van der Waals surface area (Å²) in [5, 5.41) is 12.5. The molecular formula is C22H29NO3. The average Bonchev–Trinajstić information content (AvgIpc) is 3.05. The Morgan fingerprint density at radius 3 is 3.04 bits per heavy atom. The van der Waals surface area contributed by atoms with Crippen molar-refractivity contribution in [3.05, 3.63) is 11.6 Å². The molecule has 1 N–H and O–H groups in total. The van der Waals surface area contributed by atoms with Gasteiger partial charge in [-0.05, 0) is 44.4 Å². The molecule has 4 heteroatoms. The zero-order valence-electron chi connectivity index (χ0n) is 15.8. The van der Waals surface area contributed by atoms with Gasteiger partial charge in [-0.2, -0.15) is 0 Å². The summed E-state index contributed by atoms with van der Waals surface area (Å²) < 4.78 is 6.31. The van der Waals surface area contributed by atoms with Crippen LogP contribution < -0.4 is 0 Å². The fraction of sp³-hybridized carbons (Fsp3) is 0.864. The quantitative estimate of drug-likeness (QED) is 0.679. The van der Waals surface area contributed by atoms with Gasteiger partial charge in [0.1, 0.15) is 12.0 Å². The van der Waals surface area contributed by atoms with Crippen LogP contribution in [0.4, 0.5) is 0 Å². The molecule has 9 atom stereocenters. The van der Waals surface area contributed by atoms with Gasteiger partial charge in [0.25, 0.3) is 0 Å². The second kappa shape index (κ2) is 4.01. The van der Waals surface area contributed by atoms with E-state index in [1.807, 2.05) is 0 Å². The Hall–Kier alpha value is -0.710. The van der Waals surface area contributed by atoms with Crippen LogP contribution >= 0.6 is 0 Å². The van der Waals surface area contributed by atoms with Gasteiger partial charge in [0.2, 0.25) is 0 Å². The highest BCUT2D eigenvalue weighted by Gasteiger charge is 2.88. The van der Waals surface area contributed by atoms with E-state index in [1.165, 1.54) is 5.57 Å². The van der Waals surface area contributed by atoms with Crippen molar-refractivity contribution in [1.29, 1.82) is 0 Å². The third kappa shape index (κ3) is 1.15. The Labute approximate surface area is 155 Å². The van der Waals surface area contributed by atoms with Crippen LogP contribution in [0.2, 0.25) is 0 Å². The summed E-state index contributed by atoms with van der Waals surface area (Å²) in [6, 6.07) is 0.333. The first-order chi connectivity index (χ1) is 12.4. The number of rotatable bonds is 0. The molecule has 2 spiro atoms. The first kappa shape index (κ1) is 15.2. The van der Waals surface area contributed by atoms with Gasteiger partial charge in [-0.1, -0.05) is 25.0 Å². The smallest absolute Gasteiger partial charge is 0.138 e. The summed E-state index contributed by atoms with van der Waals surface area (Å²) in [4.78, 5) is 16.3. The lowest BCUT2D eigenvalue weighted by molar-refractivity contribution is -0.275. The number of allylic oxidation sites excluding steroid dienone is 1. The highest BCUT2D eigenvalue weighted by molar-refractivity contribution is 5.88. The highest BCUT2D eigenvalue weighted by Crippen LogP contribution is 2.83. The van der Waals surface area contributed by atoms with Crippen LogP contribution in [0, 0.1) is 34.0 Å². The number of fused-ring (bicyclic) bond motifs is 3. The van der Waals surface area contributed by atoms with Gasteiger partial charge in [0.15, 0.2) is 0 Å². The van der Waals surface area contributed by atoms with E-state index in [4.69, 9.17) is 4.74 Å². The lowest BCUT2D eigenvalue weighted by Crippen LogP contribution is -2.76. The third-order valence-corrected chi connectivity index (χ3v) is 10.4. The van der Waals surface area contributed by atoms with Crippen LogP contribution in [0.1, 0.15) is 52.4 Å².